The molecule has 1 nitrogen and oxygen atoms in total. The van der Waals surface area contributed by atoms with E-state index in [9.17, 15) is 4.39 Å². The van der Waals surface area contributed by atoms with Gasteiger partial charge in [0.15, 0.2) is 0 Å². The minimum absolute atomic E-state index is 0.00143. The van der Waals surface area contributed by atoms with Gasteiger partial charge < -0.3 is 0 Å². The van der Waals surface area contributed by atoms with Crippen molar-refractivity contribution < 1.29 is 4.39 Å². The Morgan fingerprint density at radius 1 is 0.864 bits per heavy atom. The van der Waals surface area contributed by atoms with Crippen molar-refractivity contribution in [3.05, 3.63) is 71.8 Å². The molecule has 22 heavy (non-hydrogen) atoms. The first-order chi connectivity index (χ1) is 10.5. The van der Waals surface area contributed by atoms with Crippen molar-refractivity contribution in [1.29, 1.82) is 0 Å². The Morgan fingerprint density at radius 2 is 1.27 bits per heavy atom. The highest BCUT2D eigenvalue weighted by atomic mass is 19.1. The highest BCUT2D eigenvalue weighted by Gasteiger charge is 2.30. The van der Waals surface area contributed by atoms with Crippen LogP contribution >= 0.6 is 0 Å². The largest absolute Gasteiger partial charge is 0.292 e. The number of hydrogen-bond acceptors (Lipinski definition) is 1. The van der Waals surface area contributed by atoms with Crippen LogP contribution in [0.2, 0.25) is 0 Å². The lowest BCUT2D eigenvalue weighted by molar-refractivity contribution is 0.0586. The third kappa shape index (κ3) is 4.96. The highest BCUT2D eigenvalue weighted by Crippen LogP contribution is 2.24. The normalized spacial score (nSPS) is 14.3. The maximum atomic E-state index is 14.8. The average molecular weight is 299 g/mol. The van der Waals surface area contributed by atoms with E-state index < -0.39 is 5.67 Å². The fourth-order valence-corrected chi connectivity index (χ4v) is 2.47. The molecule has 1 atom stereocenters. The summed E-state index contributed by atoms with van der Waals surface area (Å²) in [7, 11) is 0. The van der Waals surface area contributed by atoms with Crippen molar-refractivity contribution in [3.63, 3.8) is 0 Å². The molecule has 0 unspecified atom stereocenters. The second-order valence-electron chi connectivity index (χ2n) is 6.55. The Hall–Kier alpha value is -1.67. The smallest absolute Gasteiger partial charge is 0.123 e. The third-order valence-electron chi connectivity index (χ3n) is 4.23. The molecule has 0 saturated carbocycles. The SMILES string of the molecule is CC(C)[C@@](C)(F)CN(Cc1ccccc1)Cc1ccccc1. The van der Waals surface area contributed by atoms with Crippen LogP contribution in [0.15, 0.2) is 60.7 Å². The molecule has 0 aliphatic heterocycles. The molecule has 2 aromatic carbocycles. The Balaban J connectivity index is 2.13. The van der Waals surface area contributed by atoms with Gasteiger partial charge in [0.25, 0.3) is 0 Å². The summed E-state index contributed by atoms with van der Waals surface area (Å²) < 4.78 is 14.8. The molecule has 0 N–H and O–H groups in total. The zero-order valence-corrected chi connectivity index (χ0v) is 13.8. The van der Waals surface area contributed by atoms with E-state index >= 15 is 0 Å². The van der Waals surface area contributed by atoms with E-state index in [1.807, 2.05) is 50.2 Å². The summed E-state index contributed by atoms with van der Waals surface area (Å²) in [6, 6.07) is 20.6. The number of alkyl halides is 1. The van der Waals surface area contributed by atoms with Crippen LogP contribution in [-0.2, 0) is 13.1 Å². The molecule has 0 saturated heterocycles. The van der Waals surface area contributed by atoms with Crippen LogP contribution in [0.5, 0.6) is 0 Å². The molecule has 2 aromatic rings. The second kappa shape index (κ2) is 7.55. The summed E-state index contributed by atoms with van der Waals surface area (Å²) >= 11 is 0. The molecular formula is C20H26FN. The van der Waals surface area contributed by atoms with E-state index in [4.69, 9.17) is 0 Å². The van der Waals surface area contributed by atoms with Gasteiger partial charge in [0.05, 0.1) is 0 Å². The van der Waals surface area contributed by atoms with Crippen LogP contribution < -0.4 is 0 Å². The molecule has 0 bridgehead atoms. The monoisotopic (exact) mass is 299 g/mol. The summed E-state index contributed by atoms with van der Waals surface area (Å²) in [5, 5.41) is 0. The maximum Gasteiger partial charge on any atom is 0.123 e. The van der Waals surface area contributed by atoms with Gasteiger partial charge in [0.1, 0.15) is 5.67 Å². The lowest BCUT2D eigenvalue weighted by atomic mass is 9.93. The van der Waals surface area contributed by atoms with Crippen molar-refractivity contribution in [2.45, 2.75) is 39.5 Å². The molecule has 0 amide bonds. The Kier molecular flexibility index (Phi) is 5.73. The molecule has 0 fully saturated rings. The summed E-state index contributed by atoms with van der Waals surface area (Å²) in [6.45, 7) is 7.57. The van der Waals surface area contributed by atoms with Gasteiger partial charge in [-0.3, -0.25) is 4.90 Å². The molecule has 0 aliphatic rings. The topological polar surface area (TPSA) is 3.24 Å². The average Bonchev–Trinajstić information content (AvgIpc) is 2.48. The molecule has 2 heteroatoms. The van der Waals surface area contributed by atoms with E-state index in [-0.39, 0.29) is 5.92 Å². The van der Waals surface area contributed by atoms with Crippen LogP contribution in [-0.4, -0.2) is 17.1 Å². The van der Waals surface area contributed by atoms with Crippen LogP contribution in [0.25, 0.3) is 0 Å². The first kappa shape index (κ1) is 16.7. The molecular weight excluding hydrogens is 273 g/mol. The van der Waals surface area contributed by atoms with Crippen molar-refractivity contribution in [1.82, 2.24) is 4.90 Å². The minimum Gasteiger partial charge on any atom is -0.292 e. The Labute approximate surface area is 133 Å². The second-order valence-corrected chi connectivity index (χ2v) is 6.55. The highest BCUT2D eigenvalue weighted by molar-refractivity contribution is 5.17. The zero-order chi connectivity index (χ0) is 16.0. The number of hydrogen-bond donors (Lipinski definition) is 0. The molecule has 118 valence electrons. The standard InChI is InChI=1S/C20H26FN/c1-17(2)20(3,21)16-22(14-18-10-6-4-7-11-18)15-19-12-8-5-9-13-19/h4-13,17H,14-16H2,1-3H3/t20-/m0/s1. The van der Waals surface area contributed by atoms with Crippen molar-refractivity contribution >= 4 is 0 Å². The number of halogens is 1. The van der Waals surface area contributed by atoms with Crippen LogP contribution in [0.1, 0.15) is 31.9 Å². The Bertz CT molecular complexity index is 507. The molecule has 0 radical (unpaired) electrons. The molecule has 0 aromatic heterocycles. The van der Waals surface area contributed by atoms with E-state index in [1.165, 1.54) is 11.1 Å². The first-order valence-electron chi connectivity index (χ1n) is 7.96. The summed E-state index contributed by atoms with van der Waals surface area (Å²) in [5.41, 5.74) is 1.25. The summed E-state index contributed by atoms with van der Waals surface area (Å²) in [6.07, 6.45) is 0. The number of benzene rings is 2. The van der Waals surface area contributed by atoms with Gasteiger partial charge in [0, 0.05) is 19.6 Å². The molecule has 0 heterocycles. The lowest BCUT2D eigenvalue weighted by Gasteiger charge is -2.32. The van der Waals surface area contributed by atoms with E-state index in [0.29, 0.717) is 6.54 Å². The quantitative estimate of drug-likeness (QED) is 0.689. The van der Waals surface area contributed by atoms with Crippen molar-refractivity contribution in [2.24, 2.45) is 5.92 Å². The molecule has 0 aliphatic carbocycles. The third-order valence-corrected chi connectivity index (χ3v) is 4.23. The van der Waals surface area contributed by atoms with Gasteiger partial charge in [-0.05, 0) is 24.0 Å². The van der Waals surface area contributed by atoms with Gasteiger partial charge in [-0.2, -0.15) is 0 Å². The van der Waals surface area contributed by atoms with Gasteiger partial charge in [-0.15, -0.1) is 0 Å². The molecule has 0 spiro atoms. The van der Waals surface area contributed by atoms with Crippen molar-refractivity contribution in [2.75, 3.05) is 6.54 Å². The first-order valence-corrected chi connectivity index (χ1v) is 7.96. The Morgan fingerprint density at radius 3 is 1.64 bits per heavy atom. The predicted octanol–water partition coefficient (Wildman–Crippen LogP) is 5.07. The van der Waals surface area contributed by atoms with Gasteiger partial charge in [0.2, 0.25) is 0 Å². The summed E-state index contributed by atoms with van der Waals surface area (Å²) in [4.78, 5) is 2.20. The number of rotatable bonds is 7. The minimum atomic E-state index is -1.19. The predicted molar refractivity (Wildman–Crippen MR) is 91.3 cm³/mol. The zero-order valence-electron chi connectivity index (χ0n) is 13.8. The summed E-state index contributed by atoms with van der Waals surface area (Å²) in [5.74, 6) is 0.00143. The number of nitrogens with zero attached hydrogens (tertiary/aromatic N) is 1. The van der Waals surface area contributed by atoms with Gasteiger partial charge >= 0.3 is 0 Å². The van der Waals surface area contributed by atoms with E-state index in [0.717, 1.165) is 13.1 Å². The lowest BCUT2D eigenvalue weighted by Crippen LogP contribution is -2.40. The van der Waals surface area contributed by atoms with Crippen LogP contribution in [0, 0.1) is 5.92 Å². The fourth-order valence-electron chi connectivity index (χ4n) is 2.47. The molecule has 2 rings (SSSR count). The van der Waals surface area contributed by atoms with Crippen molar-refractivity contribution in [3.8, 4) is 0 Å². The van der Waals surface area contributed by atoms with E-state index in [2.05, 4.69) is 29.2 Å². The van der Waals surface area contributed by atoms with Crippen LogP contribution in [0.3, 0.4) is 0 Å². The van der Waals surface area contributed by atoms with Crippen LogP contribution in [0.4, 0.5) is 4.39 Å². The maximum absolute atomic E-state index is 14.8. The van der Waals surface area contributed by atoms with Gasteiger partial charge in [-0.25, -0.2) is 4.39 Å². The van der Waals surface area contributed by atoms with Gasteiger partial charge in [-0.1, -0.05) is 74.5 Å². The fraction of sp³-hybridized carbons (Fsp3) is 0.400. The van der Waals surface area contributed by atoms with E-state index in [1.54, 1.807) is 6.92 Å².